The number of rotatable bonds is 0. The van der Waals surface area contributed by atoms with E-state index in [0.717, 1.165) is 36.8 Å². The number of carbonyl (C=O) groups is 1. The number of hydrogen-bond donors (Lipinski definition) is 1. The number of ketones is 1. The molecule has 0 aromatic rings. The molecule has 78 valence electrons. The highest BCUT2D eigenvalue weighted by Crippen LogP contribution is 2.48. The van der Waals surface area contributed by atoms with Gasteiger partial charge in [-0.05, 0) is 49.2 Å². The van der Waals surface area contributed by atoms with Gasteiger partial charge in [0.2, 0.25) is 0 Å². The molecule has 0 spiro atoms. The minimum Gasteiger partial charge on any atom is -0.389 e. The van der Waals surface area contributed by atoms with Gasteiger partial charge in [-0.15, -0.1) is 0 Å². The number of aliphatic hydroxyl groups is 1. The number of carbonyl (C=O) groups excluding carboxylic acids is 1. The van der Waals surface area contributed by atoms with Crippen molar-refractivity contribution in [1.29, 1.82) is 0 Å². The average molecular weight is 194 g/mol. The third-order valence-corrected chi connectivity index (χ3v) is 3.92. The van der Waals surface area contributed by atoms with Crippen LogP contribution in [0.3, 0.4) is 0 Å². The molecule has 2 atom stereocenters. The second kappa shape index (κ2) is 3.20. The van der Waals surface area contributed by atoms with Crippen LogP contribution in [0.4, 0.5) is 0 Å². The van der Waals surface area contributed by atoms with E-state index in [2.05, 4.69) is 6.92 Å². The van der Waals surface area contributed by atoms with Gasteiger partial charge in [0, 0.05) is 6.42 Å². The fraction of sp³-hybridized carbons (Fsp3) is 0.750. The van der Waals surface area contributed by atoms with Gasteiger partial charge in [-0.2, -0.15) is 0 Å². The Kier molecular flexibility index (Phi) is 2.26. The molecule has 0 heterocycles. The fourth-order valence-corrected chi connectivity index (χ4v) is 3.06. The monoisotopic (exact) mass is 194 g/mol. The van der Waals surface area contributed by atoms with Crippen molar-refractivity contribution in [1.82, 2.24) is 0 Å². The van der Waals surface area contributed by atoms with Gasteiger partial charge in [0.25, 0.3) is 0 Å². The lowest BCUT2D eigenvalue weighted by Crippen LogP contribution is -2.37. The Labute approximate surface area is 85.0 Å². The summed E-state index contributed by atoms with van der Waals surface area (Å²) in [6.45, 7) is 4.07. The third-order valence-electron chi connectivity index (χ3n) is 3.92. The van der Waals surface area contributed by atoms with E-state index in [1.165, 1.54) is 0 Å². The molecular weight excluding hydrogens is 176 g/mol. The molecule has 1 saturated carbocycles. The molecule has 1 N–H and O–H groups in total. The van der Waals surface area contributed by atoms with Crippen LogP contribution in [0.5, 0.6) is 0 Å². The summed E-state index contributed by atoms with van der Waals surface area (Å²) in [7, 11) is 0. The van der Waals surface area contributed by atoms with Crippen molar-refractivity contribution in [2.45, 2.75) is 52.1 Å². The van der Waals surface area contributed by atoms with Crippen molar-refractivity contribution < 1.29 is 9.90 Å². The molecule has 2 rings (SSSR count). The van der Waals surface area contributed by atoms with E-state index in [1.807, 2.05) is 6.92 Å². The van der Waals surface area contributed by atoms with Crippen molar-refractivity contribution in [2.24, 2.45) is 5.41 Å². The summed E-state index contributed by atoms with van der Waals surface area (Å²) in [5.74, 6) is 0.235. The standard InChI is InChI=1S/C12H18O2/c1-8-9(13)5-7-12(2)6-3-4-10(14)11(8)12/h10,14H,3-7H2,1-2H3/t10-,12+/m0/s1. The Balaban J connectivity index is 2.47. The predicted octanol–water partition coefficient (Wildman–Crippen LogP) is 2.22. The summed E-state index contributed by atoms with van der Waals surface area (Å²) in [4.78, 5) is 11.6. The molecule has 2 nitrogen and oxygen atoms in total. The summed E-state index contributed by atoms with van der Waals surface area (Å²) < 4.78 is 0. The molecule has 0 unspecified atom stereocenters. The first-order valence-corrected chi connectivity index (χ1v) is 5.47. The van der Waals surface area contributed by atoms with E-state index in [4.69, 9.17) is 0 Å². The average Bonchev–Trinajstić information content (AvgIpc) is 2.12. The van der Waals surface area contributed by atoms with Crippen LogP contribution in [0, 0.1) is 5.41 Å². The number of aliphatic hydroxyl groups excluding tert-OH is 1. The van der Waals surface area contributed by atoms with E-state index in [9.17, 15) is 9.90 Å². The first kappa shape index (κ1) is 9.91. The zero-order valence-corrected chi connectivity index (χ0v) is 8.97. The SMILES string of the molecule is CC1=C2[C@@H](O)CCC[C@]2(C)CCC1=O. The first-order valence-electron chi connectivity index (χ1n) is 5.47. The van der Waals surface area contributed by atoms with Gasteiger partial charge in [0.1, 0.15) is 0 Å². The van der Waals surface area contributed by atoms with E-state index in [0.29, 0.717) is 6.42 Å². The largest absolute Gasteiger partial charge is 0.389 e. The van der Waals surface area contributed by atoms with Crippen molar-refractivity contribution >= 4 is 5.78 Å². The molecule has 0 aromatic heterocycles. The van der Waals surface area contributed by atoms with Crippen LogP contribution in [-0.4, -0.2) is 17.0 Å². The maximum absolute atomic E-state index is 11.6. The third kappa shape index (κ3) is 1.33. The molecule has 2 aliphatic carbocycles. The molecule has 0 bridgehead atoms. The molecular formula is C12H18O2. The van der Waals surface area contributed by atoms with Crippen molar-refractivity contribution in [3.63, 3.8) is 0 Å². The summed E-state index contributed by atoms with van der Waals surface area (Å²) in [6, 6.07) is 0. The number of hydrogen-bond acceptors (Lipinski definition) is 2. The van der Waals surface area contributed by atoms with Crippen molar-refractivity contribution in [3.8, 4) is 0 Å². The van der Waals surface area contributed by atoms with E-state index >= 15 is 0 Å². The maximum atomic E-state index is 11.6. The van der Waals surface area contributed by atoms with E-state index < -0.39 is 0 Å². The van der Waals surface area contributed by atoms with Crippen LogP contribution in [0.25, 0.3) is 0 Å². The zero-order valence-electron chi connectivity index (χ0n) is 8.97. The van der Waals surface area contributed by atoms with Gasteiger partial charge >= 0.3 is 0 Å². The van der Waals surface area contributed by atoms with Gasteiger partial charge in [-0.25, -0.2) is 0 Å². The lowest BCUT2D eigenvalue weighted by molar-refractivity contribution is -0.117. The normalized spacial score (nSPS) is 38.5. The van der Waals surface area contributed by atoms with Gasteiger partial charge in [0.05, 0.1) is 6.10 Å². The number of allylic oxidation sites excluding steroid dienone is 1. The Morgan fingerprint density at radius 1 is 1.43 bits per heavy atom. The molecule has 0 amide bonds. The molecule has 1 fully saturated rings. The van der Waals surface area contributed by atoms with Gasteiger partial charge in [-0.3, -0.25) is 4.79 Å². The van der Waals surface area contributed by atoms with Gasteiger partial charge in [-0.1, -0.05) is 6.92 Å². The quantitative estimate of drug-likeness (QED) is 0.642. The first-order chi connectivity index (χ1) is 6.54. The second-order valence-electron chi connectivity index (χ2n) is 4.93. The highest BCUT2D eigenvalue weighted by molar-refractivity contribution is 5.97. The summed E-state index contributed by atoms with van der Waals surface area (Å²) >= 11 is 0. The Hall–Kier alpha value is -0.630. The molecule has 14 heavy (non-hydrogen) atoms. The van der Waals surface area contributed by atoms with Gasteiger partial charge in [0.15, 0.2) is 5.78 Å². The predicted molar refractivity (Wildman–Crippen MR) is 54.9 cm³/mol. The molecule has 0 aromatic carbocycles. The Morgan fingerprint density at radius 3 is 2.86 bits per heavy atom. The lowest BCUT2D eigenvalue weighted by Gasteiger charge is -2.43. The summed E-state index contributed by atoms with van der Waals surface area (Å²) in [5, 5.41) is 9.95. The molecule has 2 heteroatoms. The topological polar surface area (TPSA) is 37.3 Å². The minimum atomic E-state index is -0.363. The molecule has 0 aliphatic heterocycles. The summed E-state index contributed by atoms with van der Waals surface area (Å²) in [6.07, 6.45) is 4.27. The lowest BCUT2D eigenvalue weighted by atomic mass is 9.63. The molecule has 2 aliphatic rings. The van der Waals surface area contributed by atoms with Crippen LogP contribution in [0.2, 0.25) is 0 Å². The van der Waals surface area contributed by atoms with Crippen LogP contribution in [-0.2, 0) is 4.79 Å². The van der Waals surface area contributed by atoms with E-state index in [1.54, 1.807) is 0 Å². The van der Waals surface area contributed by atoms with Crippen LogP contribution < -0.4 is 0 Å². The van der Waals surface area contributed by atoms with Crippen LogP contribution >= 0.6 is 0 Å². The minimum absolute atomic E-state index is 0.107. The number of fused-ring (bicyclic) bond motifs is 1. The van der Waals surface area contributed by atoms with Crippen LogP contribution in [0.1, 0.15) is 46.0 Å². The Morgan fingerprint density at radius 2 is 2.14 bits per heavy atom. The second-order valence-corrected chi connectivity index (χ2v) is 4.93. The highest BCUT2D eigenvalue weighted by Gasteiger charge is 2.41. The zero-order chi connectivity index (χ0) is 10.3. The molecule has 0 radical (unpaired) electrons. The van der Waals surface area contributed by atoms with Gasteiger partial charge < -0.3 is 5.11 Å². The van der Waals surface area contributed by atoms with Crippen molar-refractivity contribution in [2.75, 3.05) is 0 Å². The maximum Gasteiger partial charge on any atom is 0.158 e. The Bertz CT molecular complexity index is 303. The smallest absolute Gasteiger partial charge is 0.158 e. The van der Waals surface area contributed by atoms with E-state index in [-0.39, 0.29) is 17.3 Å². The van der Waals surface area contributed by atoms with Crippen LogP contribution in [0.15, 0.2) is 11.1 Å². The molecule has 0 saturated heterocycles. The highest BCUT2D eigenvalue weighted by atomic mass is 16.3. The fourth-order valence-electron chi connectivity index (χ4n) is 3.06. The van der Waals surface area contributed by atoms with Crippen molar-refractivity contribution in [3.05, 3.63) is 11.1 Å². The number of Topliss-reactive ketones (excluding diaryl/α,β-unsaturated/α-hetero) is 1. The summed E-state index contributed by atoms with van der Waals surface area (Å²) in [5.41, 5.74) is 1.99.